The van der Waals surface area contributed by atoms with E-state index in [1.807, 2.05) is 13.8 Å². The molecule has 0 spiro atoms. The molecule has 0 saturated heterocycles. The van der Waals surface area contributed by atoms with Crippen LogP contribution in [0.5, 0.6) is 0 Å². The summed E-state index contributed by atoms with van der Waals surface area (Å²) in [5.74, 6) is 0. The molecule has 0 aliphatic rings. The molecule has 0 amide bonds. The second kappa shape index (κ2) is 4.48. The predicted molar refractivity (Wildman–Crippen MR) is 48.7 cm³/mol. The van der Waals surface area contributed by atoms with Crippen molar-refractivity contribution < 1.29 is 4.57 Å². The first-order valence-corrected chi connectivity index (χ1v) is 5.16. The normalized spacial score (nSPS) is 15.8. The number of azide groups is 1. The van der Waals surface area contributed by atoms with Crippen LogP contribution in [0.4, 0.5) is 0 Å². The molecule has 70 valence electrons. The second-order valence-electron chi connectivity index (χ2n) is 2.85. The molecule has 0 aromatic rings. The topological polar surface area (TPSA) is 81.1 Å². The highest BCUT2D eigenvalue weighted by Crippen LogP contribution is 2.45. The van der Waals surface area contributed by atoms with Crippen molar-refractivity contribution in [2.24, 2.45) is 4.88 Å². The van der Waals surface area contributed by atoms with Gasteiger partial charge < -0.3 is 0 Å². The number of hydrogen-bond acceptors (Lipinski definition) is 1. The zero-order valence-electron chi connectivity index (χ0n) is 7.72. The van der Waals surface area contributed by atoms with Crippen molar-refractivity contribution in [3.05, 3.63) is 10.4 Å². The van der Waals surface area contributed by atoms with Gasteiger partial charge in [0, 0.05) is 15.8 Å². The lowest BCUT2D eigenvalue weighted by molar-refractivity contribution is 0.492. The first kappa shape index (κ1) is 11.5. The largest absolute Gasteiger partial charge is 0.300 e. The summed E-state index contributed by atoms with van der Waals surface area (Å²) in [6.45, 7) is 3.67. The Hall–Kier alpha value is -0.540. The summed E-state index contributed by atoms with van der Waals surface area (Å²) in [4.78, 5) is 5.79. The molecular formula is C5H14N5OP. The molecule has 6 nitrogen and oxygen atoms in total. The van der Waals surface area contributed by atoms with E-state index in [0.29, 0.717) is 0 Å². The molecular weight excluding hydrogens is 177 g/mol. The smallest absolute Gasteiger partial charge is 0.282 e. The minimum atomic E-state index is -3.06. The first-order chi connectivity index (χ1) is 5.42. The molecule has 0 radical (unpaired) electrons. The van der Waals surface area contributed by atoms with E-state index >= 15 is 0 Å². The summed E-state index contributed by atoms with van der Waals surface area (Å²) in [7, 11) is 0.148. The third-order valence-electron chi connectivity index (χ3n) is 1.13. The van der Waals surface area contributed by atoms with Gasteiger partial charge in [0.2, 0.25) is 0 Å². The molecule has 0 aromatic heterocycles. The van der Waals surface area contributed by atoms with Crippen LogP contribution in [0.25, 0.3) is 10.4 Å². The minimum Gasteiger partial charge on any atom is -0.282 e. The maximum atomic E-state index is 11.7. The fourth-order valence-corrected chi connectivity index (χ4v) is 1.84. The summed E-state index contributed by atoms with van der Waals surface area (Å²) >= 11 is 0. The Morgan fingerprint density at radius 2 is 2.08 bits per heavy atom. The van der Waals surface area contributed by atoms with Crippen LogP contribution in [0, 0.1) is 0 Å². The van der Waals surface area contributed by atoms with E-state index in [1.54, 1.807) is 14.1 Å². The van der Waals surface area contributed by atoms with Gasteiger partial charge in [-0.15, -0.1) is 0 Å². The van der Waals surface area contributed by atoms with Crippen LogP contribution < -0.4 is 5.09 Å². The Labute approximate surface area is 72.1 Å². The van der Waals surface area contributed by atoms with Crippen molar-refractivity contribution in [3.63, 3.8) is 0 Å². The highest BCUT2D eigenvalue weighted by Gasteiger charge is 2.23. The van der Waals surface area contributed by atoms with Gasteiger partial charge >= 0.3 is 0 Å². The van der Waals surface area contributed by atoms with Crippen molar-refractivity contribution >= 4 is 7.59 Å². The van der Waals surface area contributed by atoms with Crippen LogP contribution in [0.1, 0.15) is 13.8 Å². The summed E-state index contributed by atoms with van der Waals surface area (Å²) in [6.07, 6.45) is 0. The summed E-state index contributed by atoms with van der Waals surface area (Å²) in [6, 6.07) is 0.0173. The summed E-state index contributed by atoms with van der Waals surface area (Å²) < 4.78 is 13.1. The number of nitrogens with one attached hydrogen (secondary N) is 1. The van der Waals surface area contributed by atoms with Crippen molar-refractivity contribution in [3.8, 4) is 0 Å². The Bertz CT molecular complexity index is 232. The molecule has 0 bridgehead atoms. The van der Waals surface area contributed by atoms with Crippen molar-refractivity contribution in [1.29, 1.82) is 0 Å². The third-order valence-corrected chi connectivity index (χ3v) is 3.39. The molecule has 0 heterocycles. The van der Waals surface area contributed by atoms with E-state index in [2.05, 4.69) is 14.9 Å². The van der Waals surface area contributed by atoms with Gasteiger partial charge in [0.05, 0.1) is 0 Å². The monoisotopic (exact) mass is 191 g/mol. The molecule has 0 aliphatic carbocycles. The quantitative estimate of drug-likeness (QED) is 0.319. The van der Waals surface area contributed by atoms with E-state index in [4.69, 9.17) is 5.53 Å². The van der Waals surface area contributed by atoms with E-state index in [1.165, 1.54) is 4.67 Å². The van der Waals surface area contributed by atoms with Crippen LogP contribution in [-0.2, 0) is 4.57 Å². The average molecular weight is 191 g/mol. The van der Waals surface area contributed by atoms with Crippen LogP contribution in [-0.4, -0.2) is 24.8 Å². The van der Waals surface area contributed by atoms with Gasteiger partial charge in [0.15, 0.2) is 0 Å². The zero-order chi connectivity index (χ0) is 9.78. The second-order valence-corrected chi connectivity index (χ2v) is 5.18. The maximum absolute atomic E-state index is 11.7. The molecule has 1 atom stereocenters. The van der Waals surface area contributed by atoms with E-state index < -0.39 is 7.59 Å². The number of hydrogen-bond donors (Lipinski definition) is 1. The maximum Gasteiger partial charge on any atom is 0.300 e. The predicted octanol–water partition coefficient (Wildman–Crippen LogP) is 1.96. The van der Waals surface area contributed by atoms with Gasteiger partial charge in [0.25, 0.3) is 7.59 Å². The molecule has 0 saturated carbocycles. The first-order valence-electron chi connectivity index (χ1n) is 3.54. The Morgan fingerprint density at radius 3 is 2.33 bits per heavy atom. The fourth-order valence-electron chi connectivity index (χ4n) is 0.612. The minimum absolute atomic E-state index is 0.0173. The molecule has 0 aliphatic heterocycles. The summed E-state index contributed by atoms with van der Waals surface area (Å²) in [5, 5.41) is 2.72. The van der Waals surface area contributed by atoms with E-state index in [0.717, 1.165) is 0 Å². The van der Waals surface area contributed by atoms with E-state index in [9.17, 15) is 4.57 Å². The molecule has 0 rings (SSSR count). The Balaban J connectivity index is 4.63. The van der Waals surface area contributed by atoms with Gasteiger partial charge in [-0.1, -0.05) is 0 Å². The summed E-state index contributed by atoms with van der Waals surface area (Å²) in [5.41, 5.74) is 8.18. The lowest BCUT2D eigenvalue weighted by Crippen LogP contribution is -2.25. The SMILES string of the molecule is CC(C)NP(=O)(N=[N+]=[N-])N(C)C. The number of rotatable bonds is 4. The van der Waals surface area contributed by atoms with Gasteiger partial charge in [-0.05, 0) is 33.5 Å². The molecule has 1 unspecified atom stereocenters. The van der Waals surface area contributed by atoms with Gasteiger partial charge in [0.1, 0.15) is 0 Å². The number of nitrogens with zero attached hydrogens (tertiary/aromatic N) is 4. The Morgan fingerprint density at radius 1 is 1.58 bits per heavy atom. The van der Waals surface area contributed by atoms with Crippen LogP contribution >= 0.6 is 7.59 Å². The van der Waals surface area contributed by atoms with Crippen LogP contribution in [0.15, 0.2) is 4.88 Å². The highest BCUT2D eigenvalue weighted by molar-refractivity contribution is 7.57. The van der Waals surface area contributed by atoms with E-state index in [-0.39, 0.29) is 6.04 Å². The average Bonchev–Trinajstić information content (AvgIpc) is 1.85. The lowest BCUT2D eigenvalue weighted by atomic mass is 10.4. The molecule has 7 heteroatoms. The van der Waals surface area contributed by atoms with Crippen molar-refractivity contribution in [2.45, 2.75) is 19.9 Å². The zero-order valence-corrected chi connectivity index (χ0v) is 8.62. The van der Waals surface area contributed by atoms with Gasteiger partial charge in [-0.25, -0.2) is 9.76 Å². The van der Waals surface area contributed by atoms with Crippen LogP contribution in [0.2, 0.25) is 0 Å². The van der Waals surface area contributed by atoms with Crippen molar-refractivity contribution in [2.75, 3.05) is 14.1 Å². The molecule has 0 aromatic carbocycles. The fraction of sp³-hybridized carbons (Fsp3) is 1.00. The molecule has 1 N–H and O–H groups in total. The van der Waals surface area contributed by atoms with Crippen LogP contribution in [0.3, 0.4) is 0 Å². The highest BCUT2D eigenvalue weighted by atomic mass is 31.2. The van der Waals surface area contributed by atoms with Crippen molar-refractivity contribution in [1.82, 2.24) is 9.76 Å². The Kier molecular flexibility index (Phi) is 4.28. The van der Waals surface area contributed by atoms with Gasteiger partial charge in [-0.3, -0.25) is 4.57 Å². The standard InChI is InChI=1S/C5H14N5OP/c1-5(2)7-12(11,9-8-6)10(3)4/h5H,1-4H3,(H,7,11). The molecule has 0 fully saturated rings. The lowest BCUT2D eigenvalue weighted by Gasteiger charge is -2.22. The van der Waals surface area contributed by atoms with Gasteiger partial charge in [-0.2, -0.15) is 0 Å². The third kappa shape index (κ3) is 3.24. The molecule has 12 heavy (non-hydrogen) atoms.